The van der Waals surface area contributed by atoms with E-state index >= 15 is 0 Å². The van der Waals surface area contributed by atoms with Gasteiger partial charge in [0.05, 0.1) is 12.2 Å². The van der Waals surface area contributed by atoms with Gasteiger partial charge in [0.1, 0.15) is 0 Å². The summed E-state index contributed by atoms with van der Waals surface area (Å²) in [6, 6.07) is 0.558. The molecule has 0 bridgehead atoms. The Kier molecular flexibility index (Phi) is 3.01. The highest BCUT2D eigenvalue weighted by molar-refractivity contribution is 5.84. The first kappa shape index (κ1) is 10.9. The predicted molar refractivity (Wildman–Crippen MR) is 60.3 cm³/mol. The number of rotatable bonds is 2. The summed E-state index contributed by atoms with van der Waals surface area (Å²) < 4.78 is 0. The highest BCUT2D eigenvalue weighted by atomic mass is 16.2. The summed E-state index contributed by atoms with van der Waals surface area (Å²) in [4.78, 5) is 14.2. The minimum atomic E-state index is 0.0657. The number of carbonyl (C=O) groups excluding carboxylic acids is 1. The molecule has 15 heavy (non-hydrogen) atoms. The summed E-state index contributed by atoms with van der Waals surface area (Å²) in [5.41, 5.74) is 0. The Morgan fingerprint density at radius 2 is 2.13 bits per heavy atom. The van der Waals surface area contributed by atoms with Crippen molar-refractivity contribution in [2.45, 2.75) is 64.7 Å². The molecule has 0 aromatic heterocycles. The van der Waals surface area contributed by atoms with Crippen molar-refractivity contribution < 1.29 is 4.79 Å². The first-order valence-corrected chi connectivity index (χ1v) is 6.21. The van der Waals surface area contributed by atoms with Gasteiger partial charge in [-0.2, -0.15) is 0 Å². The van der Waals surface area contributed by atoms with E-state index in [1.54, 1.807) is 0 Å². The monoisotopic (exact) mass is 210 g/mol. The number of nitrogens with zero attached hydrogens (tertiary/aromatic N) is 1. The van der Waals surface area contributed by atoms with Crippen molar-refractivity contribution in [1.29, 1.82) is 0 Å². The highest BCUT2D eigenvalue weighted by Gasteiger charge is 2.41. The Bertz CT molecular complexity index is 254. The molecule has 2 rings (SSSR count). The molecule has 1 aliphatic carbocycles. The fourth-order valence-electron chi connectivity index (χ4n) is 3.03. The van der Waals surface area contributed by atoms with E-state index in [4.69, 9.17) is 0 Å². The summed E-state index contributed by atoms with van der Waals surface area (Å²) in [5, 5.41) is 3.37. The van der Waals surface area contributed by atoms with Gasteiger partial charge in [-0.25, -0.2) is 0 Å². The molecule has 2 aliphatic rings. The summed E-state index contributed by atoms with van der Waals surface area (Å²) in [6.45, 7) is 6.47. The molecule has 0 radical (unpaired) electrons. The third-order valence-electron chi connectivity index (χ3n) is 3.88. The average Bonchev–Trinajstić information content (AvgIpc) is 2.71. The van der Waals surface area contributed by atoms with Crippen molar-refractivity contribution in [3.8, 4) is 0 Å². The van der Waals surface area contributed by atoms with Crippen molar-refractivity contribution in [3.63, 3.8) is 0 Å². The van der Waals surface area contributed by atoms with Crippen LogP contribution in [0.3, 0.4) is 0 Å². The number of amides is 1. The Balaban J connectivity index is 2.05. The Labute approximate surface area is 92.2 Å². The molecule has 1 saturated heterocycles. The van der Waals surface area contributed by atoms with Gasteiger partial charge in [-0.05, 0) is 38.5 Å². The number of nitrogens with one attached hydrogen (secondary N) is 1. The smallest absolute Gasteiger partial charge is 0.241 e. The first-order chi connectivity index (χ1) is 7.13. The van der Waals surface area contributed by atoms with Gasteiger partial charge in [0.2, 0.25) is 5.91 Å². The minimum Gasteiger partial charge on any atom is -0.323 e. The molecule has 2 fully saturated rings. The van der Waals surface area contributed by atoms with Crippen LogP contribution >= 0.6 is 0 Å². The zero-order chi connectivity index (χ0) is 11.0. The van der Waals surface area contributed by atoms with Crippen LogP contribution in [-0.4, -0.2) is 29.1 Å². The lowest BCUT2D eigenvalue weighted by atomic mass is 10.1. The highest BCUT2D eigenvalue weighted by Crippen LogP contribution is 2.31. The molecule has 1 saturated carbocycles. The number of hydrogen-bond acceptors (Lipinski definition) is 2. The SMILES string of the molecule is CCC1NC(C)N(C2CCC(C)C2)C1=O. The summed E-state index contributed by atoms with van der Waals surface area (Å²) in [5.74, 6) is 1.11. The van der Waals surface area contributed by atoms with E-state index < -0.39 is 0 Å². The molecule has 3 nitrogen and oxygen atoms in total. The van der Waals surface area contributed by atoms with Crippen LogP contribution in [0.4, 0.5) is 0 Å². The standard InChI is InChI=1S/C12H22N2O/c1-4-11-12(15)14(9(3)13-11)10-6-5-8(2)7-10/h8-11,13H,4-7H2,1-3H3. The molecule has 1 amide bonds. The lowest BCUT2D eigenvalue weighted by molar-refractivity contribution is -0.132. The molecule has 1 heterocycles. The fourth-order valence-corrected chi connectivity index (χ4v) is 3.03. The number of hydrogen-bond donors (Lipinski definition) is 1. The maximum Gasteiger partial charge on any atom is 0.241 e. The summed E-state index contributed by atoms with van der Waals surface area (Å²) >= 11 is 0. The van der Waals surface area contributed by atoms with E-state index in [0.29, 0.717) is 11.9 Å². The second-order valence-corrected chi connectivity index (χ2v) is 5.12. The van der Waals surface area contributed by atoms with Crippen LogP contribution in [0.5, 0.6) is 0 Å². The maximum atomic E-state index is 12.1. The van der Waals surface area contributed by atoms with Gasteiger partial charge >= 0.3 is 0 Å². The van der Waals surface area contributed by atoms with E-state index in [9.17, 15) is 4.79 Å². The van der Waals surface area contributed by atoms with Crippen LogP contribution in [0.15, 0.2) is 0 Å². The minimum absolute atomic E-state index is 0.0657. The molecule has 0 aromatic carbocycles. The molecule has 4 atom stereocenters. The van der Waals surface area contributed by atoms with Gasteiger partial charge in [0, 0.05) is 6.04 Å². The van der Waals surface area contributed by atoms with E-state index in [-0.39, 0.29) is 12.2 Å². The molecule has 1 N–H and O–H groups in total. The second-order valence-electron chi connectivity index (χ2n) is 5.12. The third kappa shape index (κ3) is 1.89. The van der Waals surface area contributed by atoms with Gasteiger partial charge in [0.25, 0.3) is 0 Å². The number of carbonyl (C=O) groups is 1. The lowest BCUT2D eigenvalue weighted by Crippen LogP contribution is -2.41. The Hall–Kier alpha value is -0.570. The molecule has 86 valence electrons. The molecule has 3 heteroatoms. The van der Waals surface area contributed by atoms with Crippen LogP contribution in [0.25, 0.3) is 0 Å². The van der Waals surface area contributed by atoms with Crippen molar-refractivity contribution in [2.24, 2.45) is 5.92 Å². The molecule has 0 spiro atoms. The largest absolute Gasteiger partial charge is 0.323 e. The summed E-state index contributed by atoms with van der Waals surface area (Å²) in [7, 11) is 0. The van der Waals surface area contributed by atoms with E-state index in [0.717, 1.165) is 12.3 Å². The zero-order valence-corrected chi connectivity index (χ0v) is 9.99. The second kappa shape index (κ2) is 4.12. The molecular weight excluding hydrogens is 188 g/mol. The Morgan fingerprint density at radius 3 is 2.60 bits per heavy atom. The van der Waals surface area contributed by atoms with Crippen LogP contribution in [0, 0.1) is 5.92 Å². The third-order valence-corrected chi connectivity index (χ3v) is 3.88. The normalized spacial score (nSPS) is 41.5. The van der Waals surface area contributed by atoms with Gasteiger partial charge in [0.15, 0.2) is 0 Å². The van der Waals surface area contributed by atoms with Crippen LogP contribution in [0.2, 0.25) is 0 Å². The van der Waals surface area contributed by atoms with Gasteiger partial charge in [-0.1, -0.05) is 13.8 Å². The molecule has 0 aromatic rings. The van der Waals surface area contributed by atoms with Crippen molar-refractivity contribution in [3.05, 3.63) is 0 Å². The van der Waals surface area contributed by atoms with Gasteiger partial charge < -0.3 is 4.90 Å². The lowest BCUT2D eigenvalue weighted by Gasteiger charge is -2.28. The van der Waals surface area contributed by atoms with Crippen molar-refractivity contribution in [2.75, 3.05) is 0 Å². The van der Waals surface area contributed by atoms with E-state index in [1.165, 1.54) is 19.3 Å². The van der Waals surface area contributed by atoms with Crippen LogP contribution in [-0.2, 0) is 4.79 Å². The zero-order valence-electron chi connectivity index (χ0n) is 9.99. The van der Waals surface area contributed by atoms with Crippen LogP contribution in [0.1, 0.15) is 46.5 Å². The topological polar surface area (TPSA) is 32.3 Å². The first-order valence-electron chi connectivity index (χ1n) is 6.21. The quantitative estimate of drug-likeness (QED) is 0.753. The average molecular weight is 210 g/mol. The predicted octanol–water partition coefficient (Wildman–Crippen LogP) is 1.73. The van der Waals surface area contributed by atoms with Gasteiger partial charge in [-0.3, -0.25) is 10.1 Å². The molecular formula is C12H22N2O. The van der Waals surface area contributed by atoms with E-state index in [2.05, 4.69) is 31.0 Å². The Morgan fingerprint density at radius 1 is 1.40 bits per heavy atom. The van der Waals surface area contributed by atoms with Crippen LogP contribution < -0.4 is 5.32 Å². The molecule has 1 aliphatic heterocycles. The maximum absolute atomic E-state index is 12.1. The summed E-state index contributed by atoms with van der Waals surface area (Å²) in [6.07, 6.45) is 4.79. The van der Waals surface area contributed by atoms with Crippen molar-refractivity contribution >= 4 is 5.91 Å². The van der Waals surface area contributed by atoms with Crippen molar-refractivity contribution in [1.82, 2.24) is 10.2 Å². The fraction of sp³-hybridized carbons (Fsp3) is 0.917. The van der Waals surface area contributed by atoms with E-state index in [1.807, 2.05) is 0 Å². The van der Waals surface area contributed by atoms with Gasteiger partial charge in [-0.15, -0.1) is 0 Å². The molecule has 4 unspecified atom stereocenters.